The van der Waals surface area contributed by atoms with Crippen molar-refractivity contribution in [3.05, 3.63) is 23.8 Å². The molecule has 2 rings (SSSR count). The van der Waals surface area contributed by atoms with Crippen LogP contribution < -0.4 is 9.47 Å². The fourth-order valence-corrected chi connectivity index (χ4v) is 1.43. The monoisotopic (exact) mass is 178 g/mol. The maximum atomic E-state index is 5.83. The summed E-state index contributed by atoms with van der Waals surface area (Å²) in [6, 6.07) is 5.96. The number of ether oxygens (including phenoxy) is 2. The van der Waals surface area contributed by atoms with Gasteiger partial charge in [-0.05, 0) is 32.4 Å². The standard InChI is InChI=1S/C11H14O2/c1-8-5-4-6-9-10(8)13-11(2,3)7-12-9/h4-6H,7H2,1-3H3. The Balaban J connectivity index is 2.44. The summed E-state index contributed by atoms with van der Waals surface area (Å²) in [4.78, 5) is 0. The van der Waals surface area contributed by atoms with E-state index >= 15 is 0 Å². The molecule has 0 saturated carbocycles. The topological polar surface area (TPSA) is 18.5 Å². The Morgan fingerprint density at radius 3 is 2.85 bits per heavy atom. The smallest absolute Gasteiger partial charge is 0.165 e. The Morgan fingerprint density at radius 1 is 1.31 bits per heavy atom. The van der Waals surface area contributed by atoms with Crippen LogP contribution in [-0.2, 0) is 0 Å². The Labute approximate surface area is 78.5 Å². The first-order chi connectivity index (χ1) is 6.08. The van der Waals surface area contributed by atoms with Crippen molar-refractivity contribution < 1.29 is 9.47 Å². The van der Waals surface area contributed by atoms with Crippen LogP contribution in [0.3, 0.4) is 0 Å². The van der Waals surface area contributed by atoms with Gasteiger partial charge in [-0.1, -0.05) is 12.1 Å². The second-order valence-electron chi connectivity index (χ2n) is 4.05. The lowest BCUT2D eigenvalue weighted by Gasteiger charge is -2.33. The van der Waals surface area contributed by atoms with E-state index in [9.17, 15) is 0 Å². The lowest BCUT2D eigenvalue weighted by Crippen LogP contribution is -2.38. The third-order valence-corrected chi connectivity index (χ3v) is 2.13. The van der Waals surface area contributed by atoms with Gasteiger partial charge < -0.3 is 9.47 Å². The number of para-hydroxylation sites is 1. The largest absolute Gasteiger partial charge is 0.486 e. The third kappa shape index (κ3) is 1.48. The summed E-state index contributed by atoms with van der Waals surface area (Å²) in [5, 5.41) is 0. The van der Waals surface area contributed by atoms with Gasteiger partial charge in [0.2, 0.25) is 0 Å². The van der Waals surface area contributed by atoms with E-state index in [-0.39, 0.29) is 5.60 Å². The fourth-order valence-electron chi connectivity index (χ4n) is 1.43. The van der Waals surface area contributed by atoms with E-state index in [0.717, 1.165) is 17.1 Å². The Morgan fingerprint density at radius 2 is 2.08 bits per heavy atom. The van der Waals surface area contributed by atoms with Crippen molar-refractivity contribution in [1.82, 2.24) is 0 Å². The minimum absolute atomic E-state index is 0.209. The number of hydrogen-bond donors (Lipinski definition) is 0. The number of benzene rings is 1. The summed E-state index contributed by atoms with van der Waals surface area (Å²) < 4.78 is 11.4. The summed E-state index contributed by atoms with van der Waals surface area (Å²) >= 11 is 0. The first kappa shape index (κ1) is 8.42. The van der Waals surface area contributed by atoms with Crippen LogP contribution in [0, 0.1) is 6.92 Å². The van der Waals surface area contributed by atoms with Crippen LogP contribution in [0.2, 0.25) is 0 Å². The minimum Gasteiger partial charge on any atom is -0.486 e. The van der Waals surface area contributed by atoms with E-state index in [1.165, 1.54) is 0 Å². The number of aryl methyl sites for hydroxylation is 1. The molecule has 1 aliphatic rings. The van der Waals surface area contributed by atoms with Crippen molar-refractivity contribution in [2.45, 2.75) is 26.4 Å². The zero-order valence-electron chi connectivity index (χ0n) is 8.26. The fraction of sp³-hybridized carbons (Fsp3) is 0.455. The molecular formula is C11H14O2. The molecule has 0 aliphatic carbocycles. The predicted molar refractivity (Wildman–Crippen MR) is 51.4 cm³/mol. The lowest BCUT2D eigenvalue weighted by atomic mass is 10.1. The highest BCUT2D eigenvalue weighted by Gasteiger charge is 2.28. The molecule has 0 unspecified atom stereocenters. The molecule has 2 heteroatoms. The molecular weight excluding hydrogens is 164 g/mol. The zero-order chi connectivity index (χ0) is 9.47. The van der Waals surface area contributed by atoms with Gasteiger partial charge in [-0.3, -0.25) is 0 Å². The zero-order valence-corrected chi connectivity index (χ0v) is 8.26. The van der Waals surface area contributed by atoms with E-state index in [2.05, 4.69) is 0 Å². The van der Waals surface area contributed by atoms with Crippen LogP contribution in [0.1, 0.15) is 19.4 Å². The van der Waals surface area contributed by atoms with E-state index < -0.39 is 0 Å². The molecule has 1 aliphatic heterocycles. The van der Waals surface area contributed by atoms with E-state index in [4.69, 9.17) is 9.47 Å². The first-order valence-electron chi connectivity index (χ1n) is 4.50. The molecule has 0 N–H and O–H groups in total. The molecule has 1 aromatic rings. The highest BCUT2D eigenvalue weighted by molar-refractivity contribution is 5.47. The van der Waals surface area contributed by atoms with E-state index in [0.29, 0.717) is 6.61 Å². The van der Waals surface area contributed by atoms with Gasteiger partial charge >= 0.3 is 0 Å². The SMILES string of the molecule is Cc1cccc2c1OC(C)(C)CO2. The quantitative estimate of drug-likeness (QED) is 0.607. The van der Waals surface area contributed by atoms with E-state index in [1.807, 2.05) is 39.0 Å². The molecule has 0 fully saturated rings. The van der Waals surface area contributed by atoms with Crippen molar-refractivity contribution >= 4 is 0 Å². The summed E-state index contributed by atoms with van der Waals surface area (Å²) in [7, 11) is 0. The van der Waals surface area contributed by atoms with Crippen LogP contribution in [0.4, 0.5) is 0 Å². The van der Waals surface area contributed by atoms with Gasteiger partial charge in [0.05, 0.1) is 0 Å². The molecule has 13 heavy (non-hydrogen) atoms. The van der Waals surface area contributed by atoms with Gasteiger partial charge in [0.1, 0.15) is 12.2 Å². The highest BCUT2D eigenvalue weighted by atomic mass is 16.6. The second-order valence-corrected chi connectivity index (χ2v) is 4.05. The molecule has 0 atom stereocenters. The van der Waals surface area contributed by atoms with Crippen molar-refractivity contribution in [2.75, 3.05) is 6.61 Å². The van der Waals surface area contributed by atoms with Crippen molar-refractivity contribution in [3.8, 4) is 11.5 Å². The number of hydrogen-bond acceptors (Lipinski definition) is 2. The van der Waals surface area contributed by atoms with Gasteiger partial charge in [-0.2, -0.15) is 0 Å². The van der Waals surface area contributed by atoms with Crippen LogP contribution in [0.5, 0.6) is 11.5 Å². The van der Waals surface area contributed by atoms with Gasteiger partial charge in [0, 0.05) is 0 Å². The summed E-state index contributed by atoms with van der Waals surface area (Å²) in [6.45, 7) is 6.71. The molecule has 70 valence electrons. The molecule has 0 saturated heterocycles. The van der Waals surface area contributed by atoms with Crippen LogP contribution in [0.15, 0.2) is 18.2 Å². The van der Waals surface area contributed by atoms with Crippen molar-refractivity contribution in [3.63, 3.8) is 0 Å². The van der Waals surface area contributed by atoms with Gasteiger partial charge in [0.25, 0.3) is 0 Å². The van der Waals surface area contributed by atoms with Gasteiger partial charge in [-0.15, -0.1) is 0 Å². The van der Waals surface area contributed by atoms with Crippen LogP contribution >= 0.6 is 0 Å². The maximum absolute atomic E-state index is 5.83. The van der Waals surface area contributed by atoms with Crippen LogP contribution in [-0.4, -0.2) is 12.2 Å². The predicted octanol–water partition coefficient (Wildman–Crippen LogP) is 2.54. The average molecular weight is 178 g/mol. The molecule has 0 radical (unpaired) electrons. The normalized spacial score (nSPS) is 18.4. The van der Waals surface area contributed by atoms with Crippen LogP contribution in [0.25, 0.3) is 0 Å². The van der Waals surface area contributed by atoms with Crippen molar-refractivity contribution in [1.29, 1.82) is 0 Å². The molecule has 0 amide bonds. The maximum Gasteiger partial charge on any atom is 0.165 e. The highest BCUT2D eigenvalue weighted by Crippen LogP contribution is 2.37. The van der Waals surface area contributed by atoms with Gasteiger partial charge in [0.15, 0.2) is 11.5 Å². The Bertz CT molecular complexity index is 329. The molecule has 0 bridgehead atoms. The number of rotatable bonds is 0. The summed E-state index contributed by atoms with van der Waals surface area (Å²) in [5.41, 5.74) is 0.921. The Hall–Kier alpha value is -1.18. The van der Waals surface area contributed by atoms with E-state index in [1.54, 1.807) is 0 Å². The third-order valence-electron chi connectivity index (χ3n) is 2.13. The lowest BCUT2D eigenvalue weighted by molar-refractivity contribution is 0.0206. The number of fused-ring (bicyclic) bond motifs is 1. The van der Waals surface area contributed by atoms with Gasteiger partial charge in [-0.25, -0.2) is 0 Å². The molecule has 2 nitrogen and oxygen atoms in total. The Kier molecular flexibility index (Phi) is 1.72. The molecule has 1 heterocycles. The molecule has 1 aromatic carbocycles. The molecule has 0 spiro atoms. The average Bonchev–Trinajstić information content (AvgIpc) is 2.06. The van der Waals surface area contributed by atoms with Crippen molar-refractivity contribution in [2.24, 2.45) is 0 Å². The summed E-state index contributed by atoms with van der Waals surface area (Å²) in [5.74, 6) is 1.75. The second kappa shape index (κ2) is 2.66. The minimum atomic E-state index is -0.209. The first-order valence-corrected chi connectivity index (χ1v) is 4.50. The summed E-state index contributed by atoms with van der Waals surface area (Å²) in [6.07, 6.45) is 0. The molecule has 0 aromatic heterocycles.